The zero-order valence-electron chi connectivity index (χ0n) is 32.3. The third kappa shape index (κ3) is 33.3. The number of rotatable bonds is 40. The average Bonchev–Trinajstić information content (AvgIpc) is 3.05. The Morgan fingerprint density at radius 1 is 0.370 bits per heavy atom. The molecule has 0 aliphatic heterocycles. The van der Waals surface area contributed by atoms with Gasteiger partial charge in [0.2, 0.25) is 0 Å². The third-order valence-electron chi connectivity index (χ3n) is 10.4. The van der Waals surface area contributed by atoms with Gasteiger partial charge in [0.15, 0.2) is 0 Å². The summed E-state index contributed by atoms with van der Waals surface area (Å²) in [6, 6.07) is -0.285. The number of aliphatic carboxylic acids is 1. The molecule has 0 rings (SSSR count). The molecule has 0 radical (unpaired) electrons. The molecule has 3 nitrogen and oxygen atoms in total. The summed E-state index contributed by atoms with van der Waals surface area (Å²) in [4.78, 5) is 14.4. The van der Waals surface area contributed by atoms with Gasteiger partial charge in [0.1, 0.15) is 6.04 Å². The van der Waals surface area contributed by atoms with E-state index in [-0.39, 0.29) is 6.04 Å². The van der Waals surface area contributed by atoms with Gasteiger partial charge in [-0.25, -0.2) is 0 Å². The van der Waals surface area contributed by atoms with Crippen molar-refractivity contribution in [3.63, 3.8) is 0 Å². The first-order chi connectivity index (χ1) is 22.7. The summed E-state index contributed by atoms with van der Waals surface area (Å²) in [6.07, 6.45) is 49.0. The van der Waals surface area contributed by atoms with Gasteiger partial charge >= 0.3 is 5.97 Å². The predicted octanol–water partition coefficient (Wildman–Crippen LogP) is 14.8. The average molecular weight is 650 g/mol. The number of nitrogens with zero attached hydrogens (tertiary/aromatic N) is 1. The summed E-state index contributed by atoms with van der Waals surface area (Å²) >= 11 is 0. The molecule has 0 fully saturated rings. The van der Waals surface area contributed by atoms with E-state index < -0.39 is 5.97 Å². The highest BCUT2D eigenvalue weighted by Gasteiger charge is 2.23. The van der Waals surface area contributed by atoms with Crippen molar-refractivity contribution in [2.24, 2.45) is 0 Å². The monoisotopic (exact) mass is 650 g/mol. The number of carboxylic acid groups (broad SMARTS) is 1. The Kier molecular flexibility index (Phi) is 38.4. The summed E-state index contributed by atoms with van der Waals surface area (Å²) in [5.74, 6) is -0.610. The van der Waals surface area contributed by atoms with Crippen LogP contribution in [0.3, 0.4) is 0 Å². The van der Waals surface area contributed by atoms with Crippen molar-refractivity contribution in [1.82, 2.24) is 4.90 Å². The summed E-state index contributed by atoms with van der Waals surface area (Å²) < 4.78 is 0. The van der Waals surface area contributed by atoms with E-state index in [1.54, 1.807) is 0 Å². The number of hydrogen-bond donors (Lipinski definition) is 1. The van der Waals surface area contributed by atoms with Crippen LogP contribution < -0.4 is 0 Å². The lowest BCUT2D eigenvalue weighted by molar-refractivity contribution is -0.143. The van der Waals surface area contributed by atoms with Crippen molar-refractivity contribution in [3.8, 4) is 0 Å². The topological polar surface area (TPSA) is 40.5 Å². The van der Waals surface area contributed by atoms with E-state index in [9.17, 15) is 9.90 Å². The maximum atomic E-state index is 12.1. The number of carboxylic acids is 1. The summed E-state index contributed by atoms with van der Waals surface area (Å²) in [6.45, 7) is 8.65. The molecule has 0 bridgehead atoms. The van der Waals surface area contributed by atoms with Crippen molar-refractivity contribution < 1.29 is 9.90 Å². The van der Waals surface area contributed by atoms with E-state index >= 15 is 0 Å². The number of hydrogen-bond acceptors (Lipinski definition) is 2. The molecule has 46 heavy (non-hydrogen) atoms. The smallest absolute Gasteiger partial charge is 0.320 e. The SMILES string of the molecule is CCCCCCCCCCCCCCCCCCCN(CCCCCCCCCCCCCCCCCCC)C(CCC)C(=O)O. The fraction of sp³-hybridized carbons (Fsp3) is 0.977. The van der Waals surface area contributed by atoms with Crippen LogP contribution in [0.5, 0.6) is 0 Å². The summed E-state index contributed by atoms with van der Waals surface area (Å²) in [5.41, 5.74) is 0. The van der Waals surface area contributed by atoms with E-state index in [1.165, 1.54) is 205 Å². The van der Waals surface area contributed by atoms with Gasteiger partial charge in [-0.2, -0.15) is 0 Å². The van der Waals surface area contributed by atoms with Gasteiger partial charge in [-0.1, -0.05) is 233 Å². The standard InChI is InChI=1S/C43H87NO2/c1-4-7-9-11-13-15-17-19-21-23-25-27-29-31-33-35-37-40-44(42(39-6-3)43(45)46)41-38-36-34-32-30-28-26-24-22-20-18-16-14-12-10-8-5-2/h42H,4-41H2,1-3H3,(H,45,46). The zero-order valence-corrected chi connectivity index (χ0v) is 32.3. The molecule has 0 aromatic carbocycles. The van der Waals surface area contributed by atoms with Crippen LogP contribution in [0, 0.1) is 0 Å². The Bertz CT molecular complexity index is 541. The second-order valence-electron chi connectivity index (χ2n) is 15.0. The van der Waals surface area contributed by atoms with Gasteiger partial charge in [-0.05, 0) is 32.4 Å². The Balaban J connectivity index is 3.77. The third-order valence-corrected chi connectivity index (χ3v) is 10.4. The lowest BCUT2D eigenvalue weighted by Gasteiger charge is -2.29. The largest absolute Gasteiger partial charge is 0.480 e. The van der Waals surface area contributed by atoms with Crippen molar-refractivity contribution >= 4 is 5.97 Å². The molecule has 0 aromatic rings. The molecule has 276 valence electrons. The molecular weight excluding hydrogens is 562 g/mol. The van der Waals surface area contributed by atoms with Crippen LogP contribution in [0.15, 0.2) is 0 Å². The van der Waals surface area contributed by atoms with E-state index in [4.69, 9.17) is 0 Å². The highest BCUT2D eigenvalue weighted by atomic mass is 16.4. The first-order valence-electron chi connectivity index (χ1n) is 21.6. The van der Waals surface area contributed by atoms with Crippen LogP contribution in [0.4, 0.5) is 0 Å². The minimum absolute atomic E-state index is 0.285. The Morgan fingerprint density at radius 3 is 0.783 bits per heavy atom. The molecular formula is C43H87NO2. The second-order valence-corrected chi connectivity index (χ2v) is 15.0. The molecule has 0 amide bonds. The Morgan fingerprint density at radius 2 is 0.587 bits per heavy atom. The highest BCUT2D eigenvalue weighted by molar-refractivity contribution is 5.73. The fourth-order valence-electron chi connectivity index (χ4n) is 7.24. The van der Waals surface area contributed by atoms with Crippen LogP contribution in [-0.2, 0) is 4.79 Å². The molecule has 0 spiro atoms. The van der Waals surface area contributed by atoms with Crippen molar-refractivity contribution in [2.45, 2.75) is 258 Å². The van der Waals surface area contributed by atoms with Crippen LogP contribution in [-0.4, -0.2) is 35.1 Å². The lowest BCUT2D eigenvalue weighted by atomic mass is 10.0. The minimum Gasteiger partial charge on any atom is -0.480 e. The number of unbranched alkanes of at least 4 members (excludes halogenated alkanes) is 32. The van der Waals surface area contributed by atoms with Crippen LogP contribution in [0.2, 0.25) is 0 Å². The van der Waals surface area contributed by atoms with Crippen LogP contribution >= 0.6 is 0 Å². The minimum atomic E-state index is -0.610. The van der Waals surface area contributed by atoms with E-state index in [0.29, 0.717) is 0 Å². The molecule has 0 heterocycles. The molecule has 1 N–H and O–H groups in total. The molecule has 0 saturated heterocycles. The van der Waals surface area contributed by atoms with Crippen molar-refractivity contribution in [3.05, 3.63) is 0 Å². The quantitative estimate of drug-likeness (QED) is 0.0671. The van der Waals surface area contributed by atoms with E-state index in [0.717, 1.165) is 38.8 Å². The molecule has 0 aliphatic carbocycles. The molecule has 0 aromatic heterocycles. The zero-order chi connectivity index (χ0) is 33.6. The van der Waals surface area contributed by atoms with Crippen molar-refractivity contribution in [1.29, 1.82) is 0 Å². The number of carbonyl (C=O) groups is 1. The van der Waals surface area contributed by atoms with E-state index in [1.807, 2.05) is 0 Å². The predicted molar refractivity (Wildman–Crippen MR) is 206 cm³/mol. The first kappa shape index (κ1) is 45.4. The Labute approximate surface area is 291 Å². The molecule has 3 heteroatoms. The van der Waals surface area contributed by atoms with Gasteiger partial charge in [0.05, 0.1) is 0 Å². The van der Waals surface area contributed by atoms with Gasteiger partial charge in [0, 0.05) is 0 Å². The van der Waals surface area contributed by atoms with E-state index in [2.05, 4.69) is 25.7 Å². The highest BCUT2D eigenvalue weighted by Crippen LogP contribution is 2.17. The lowest BCUT2D eigenvalue weighted by Crippen LogP contribution is -2.42. The van der Waals surface area contributed by atoms with Crippen LogP contribution in [0.1, 0.15) is 252 Å². The van der Waals surface area contributed by atoms with Gasteiger partial charge < -0.3 is 5.11 Å². The summed E-state index contributed by atoms with van der Waals surface area (Å²) in [5, 5.41) is 9.92. The van der Waals surface area contributed by atoms with Crippen molar-refractivity contribution in [2.75, 3.05) is 13.1 Å². The van der Waals surface area contributed by atoms with Crippen LogP contribution in [0.25, 0.3) is 0 Å². The molecule has 0 aliphatic rings. The molecule has 1 unspecified atom stereocenters. The van der Waals surface area contributed by atoms with Gasteiger partial charge in [-0.3, -0.25) is 9.69 Å². The maximum Gasteiger partial charge on any atom is 0.320 e. The first-order valence-corrected chi connectivity index (χ1v) is 21.6. The van der Waals surface area contributed by atoms with Gasteiger partial charge in [0.25, 0.3) is 0 Å². The summed E-state index contributed by atoms with van der Waals surface area (Å²) in [7, 11) is 0. The fourth-order valence-corrected chi connectivity index (χ4v) is 7.24. The second kappa shape index (κ2) is 38.9. The Hall–Kier alpha value is -0.570. The normalized spacial score (nSPS) is 12.3. The molecule has 1 atom stereocenters. The van der Waals surface area contributed by atoms with Gasteiger partial charge in [-0.15, -0.1) is 0 Å². The molecule has 0 saturated carbocycles. The maximum absolute atomic E-state index is 12.1.